The number of hydrogen-bond acceptors (Lipinski definition) is 2. The van der Waals surface area contributed by atoms with E-state index in [9.17, 15) is 0 Å². The maximum Gasteiger partial charge on any atom is 0.0679 e. The highest BCUT2D eigenvalue weighted by Gasteiger charge is 2.06. The maximum absolute atomic E-state index is 5.97. The predicted molar refractivity (Wildman–Crippen MR) is 74.0 cm³/mol. The van der Waals surface area contributed by atoms with Gasteiger partial charge in [0.1, 0.15) is 0 Å². The molecule has 0 aliphatic rings. The van der Waals surface area contributed by atoms with Crippen molar-refractivity contribution in [3.8, 4) is 5.69 Å². The Balaban J connectivity index is 2.47. The van der Waals surface area contributed by atoms with Crippen LogP contribution in [-0.2, 0) is 6.42 Å². The molecule has 0 atom stereocenters. The third-order valence-electron chi connectivity index (χ3n) is 2.25. The first kappa shape index (κ1) is 11.9. The monoisotopic (exact) mass is 347 g/mol. The fourth-order valence-electron chi connectivity index (χ4n) is 1.57. The summed E-state index contributed by atoms with van der Waals surface area (Å²) in [7, 11) is 0. The van der Waals surface area contributed by atoms with E-state index in [1.165, 1.54) is 0 Å². The molecule has 0 amide bonds. The molecule has 0 unspecified atom stereocenters. The zero-order chi connectivity index (χ0) is 11.5. The molecule has 0 aliphatic carbocycles. The molecule has 2 rings (SSSR count). The van der Waals surface area contributed by atoms with Gasteiger partial charge in [0.05, 0.1) is 15.5 Å². The van der Waals surface area contributed by atoms with Gasteiger partial charge >= 0.3 is 0 Å². The SMILES string of the molecule is NCCc1cc(Cl)ccc1-n1cc(I)cn1. The molecule has 2 N–H and O–H groups in total. The van der Waals surface area contributed by atoms with Crippen LogP contribution in [0.3, 0.4) is 0 Å². The molecule has 0 bridgehead atoms. The molecule has 5 heteroatoms. The number of nitrogens with zero attached hydrogens (tertiary/aromatic N) is 2. The molecule has 0 radical (unpaired) electrons. The Hall–Kier alpha value is -0.590. The zero-order valence-electron chi connectivity index (χ0n) is 8.53. The van der Waals surface area contributed by atoms with Gasteiger partial charge < -0.3 is 5.73 Å². The van der Waals surface area contributed by atoms with Crippen LogP contribution in [0.2, 0.25) is 5.02 Å². The summed E-state index contributed by atoms with van der Waals surface area (Å²) in [5.74, 6) is 0. The van der Waals surface area contributed by atoms with Crippen molar-refractivity contribution in [1.82, 2.24) is 9.78 Å². The molecule has 84 valence electrons. The highest BCUT2D eigenvalue weighted by Crippen LogP contribution is 2.20. The Kier molecular flexibility index (Phi) is 3.83. The number of rotatable bonds is 3. The first-order valence-corrected chi connectivity index (χ1v) is 6.35. The summed E-state index contributed by atoms with van der Waals surface area (Å²) in [6, 6.07) is 5.78. The van der Waals surface area contributed by atoms with E-state index in [0.717, 1.165) is 26.3 Å². The summed E-state index contributed by atoms with van der Waals surface area (Å²) >= 11 is 8.21. The van der Waals surface area contributed by atoms with Crippen LogP contribution in [0.15, 0.2) is 30.6 Å². The molecular weight excluding hydrogens is 336 g/mol. The van der Waals surface area contributed by atoms with Crippen LogP contribution < -0.4 is 5.73 Å². The lowest BCUT2D eigenvalue weighted by Gasteiger charge is -2.09. The van der Waals surface area contributed by atoms with Gasteiger partial charge in [-0.15, -0.1) is 0 Å². The van der Waals surface area contributed by atoms with Gasteiger partial charge in [0.2, 0.25) is 0 Å². The van der Waals surface area contributed by atoms with E-state index < -0.39 is 0 Å². The number of halogens is 2. The van der Waals surface area contributed by atoms with Crippen molar-refractivity contribution in [3.63, 3.8) is 0 Å². The molecule has 1 aromatic carbocycles. The van der Waals surface area contributed by atoms with Gasteiger partial charge in [-0.25, -0.2) is 4.68 Å². The van der Waals surface area contributed by atoms with Gasteiger partial charge in [0, 0.05) is 11.2 Å². The van der Waals surface area contributed by atoms with Gasteiger partial charge in [-0.1, -0.05) is 11.6 Å². The predicted octanol–water partition coefficient (Wildman–Crippen LogP) is 2.63. The molecule has 0 aliphatic heterocycles. The molecule has 0 fully saturated rings. The van der Waals surface area contributed by atoms with Crippen molar-refractivity contribution >= 4 is 34.2 Å². The van der Waals surface area contributed by atoms with Crippen molar-refractivity contribution in [2.75, 3.05) is 6.54 Å². The molecule has 1 aromatic heterocycles. The Morgan fingerprint density at radius 2 is 2.25 bits per heavy atom. The van der Waals surface area contributed by atoms with Gasteiger partial charge in [-0.2, -0.15) is 5.10 Å². The smallest absolute Gasteiger partial charge is 0.0679 e. The molecule has 0 spiro atoms. The Labute approximate surface area is 113 Å². The third-order valence-corrected chi connectivity index (χ3v) is 3.05. The lowest BCUT2D eigenvalue weighted by atomic mass is 10.1. The molecule has 1 heterocycles. The van der Waals surface area contributed by atoms with Crippen molar-refractivity contribution in [3.05, 3.63) is 44.7 Å². The van der Waals surface area contributed by atoms with E-state index in [2.05, 4.69) is 27.7 Å². The summed E-state index contributed by atoms with van der Waals surface area (Å²) < 4.78 is 2.95. The summed E-state index contributed by atoms with van der Waals surface area (Å²) in [5.41, 5.74) is 7.75. The molecule has 16 heavy (non-hydrogen) atoms. The van der Waals surface area contributed by atoms with E-state index in [-0.39, 0.29) is 0 Å². The van der Waals surface area contributed by atoms with E-state index in [1.54, 1.807) is 0 Å². The van der Waals surface area contributed by atoms with Crippen LogP contribution >= 0.6 is 34.2 Å². The average molecular weight is 348 g/mol. The quantitative estimate of drug-likeness (QED) is 0.868. The highest BCUT2D eigenvalue weighted by atomic mass is 127. The maximum atomic E-state index is 5.97. The van der Waals surface area contributed by atoms with Crippen LogP contribution in [-0.4, -0.2) is 16.3 Å². The Bertz CT molecular complexity index is 496. The van der Waals surface area contributed by atoms with Gasteiger partial charge in [0.15, 0.2) is 0 Å². The Morgan fingerprint density at radius 1 is 1.44 bits per heavy atom. The van der Waals surface area contributed by atoms with Crippen LogP contribution in [0.25, 0.3) is 5.69 Å². The minimum Gasteiger partial charge on any atom is -0.330 e. The van der Waals surface area contributed by atoms with E-state index in [1.807, 2.05) is 35.3 Å². The molecule has 0 saturated heterocycles. The summed E-state index contributed by atoms with van der Waals surface area (Å²) in [4.78, 5) is 0. The van der Waals surface area contributed by atoms with Gasteiger partial charge in [-0.05, 0) is 59.3 Å². The van der Waals surface area contributed by atoms with Crippen LogP contribution in [0, 0.1) is 3.57 Å². The number of nitrogens with two attached hydrogens (primary N) is 1. The summed E-state index contributed by atoms with van der Waals surface area (Å²) in [6.45, 7) is 0.603. The second-order valence-corrected chi connectivity index (χ2v) is 5.10. The van der Waals surface area contributed by atoms with E-state index >= 15 is 0 Å². The third kappa shape index (κ3) is 2.56. The van der Waals surface area contributed by atoms with Crippen LogP contribution in [0.4, 0.5) is 0 Å². The average Bonchev–Trinajstić information content (AvgIpc) is 2.65. The normalized spacial score (nSPS) is 10.7. The van der Waals surface area contributed by atoms with E-state index in [0.29, 0.717) is 6.54 Å². The fourth-order valence-corrected chi connectivity index (χ4v) is 2.15. The standard InChI is InChI=1S/C11H11ClIN3/c12-9-1-2-11(8(5-9)3-4-14)16-7-10(13)6-15-16/h1-2,5-7H,3-4,14H2. The fraction of sp³-hybridized carbons (Fsp3) is 0.182. The van der Waals surface area contributed by atoms with Crippen molar-refractivity contribution < 1.29 is 0 Å². The topological polar surface area (TPSA) is 43.8 Å². The lowest BCUT2D eigenvalue weighted by Crippen LogP contribution is -2.07. The van der Waals surface area contributed by atoms with Gasteiger partial charge in [-0.3, -0.25) is 0 Å². The first-order chi connectivity index (χ1) is 7.70. The van der Waals surface area contributed by atoms with Crippen LogP contribution in [0.5, 0.6) is 0 Å². The number of benzene rings is 1. The zero-order valence-corrected chi connectivity index (χ0v) is 11.4. The van der Waals surface area contributed by atoms with Crippen molar-refractivity contribution in [1.29, 1.82) is 0 Å². The molecule has 0 saturated carbocycles. The number of hydrogen-bond donors (Lipinski definition) is 1. The van der Waals surface area contributed by atoms with Gasteiger partial charge in [0.25, 0.3) is 0 Å². The second-order valence-electron chi connectivity index (χ2n) is 3.41. The Morgan fingerprint density at radius 3 is 2.88 bits per heavy atom. The molecular formula is C11H11ClIN3. The summed E-state index contributed by atoms with van der Waals surface area (Å²) in [5, 5.41) is 5.01. The minimum absolute atomic E-state index is 0.603. The number of aromatic nitrogens is 2. The minimum atomic E-state index is 0.603. The molecule has 3 nitrogen and oxygen atoms in total. The van der Waals surface area contributed by atoms with Crippen molar-refractivity contribution in [2.24, 2.45) is 5.73 Å². The first-order valence-electron chi connectivity index (χ1n) is 4.90. The second kappa shape index (κ2) is 5.16. The summed E-state index contributed by atoms with van der Waals surface area (Å²) in [6.07, 6.45) is 4.59. The van der Waals surface area contributed by atoms with Crippen molar-refractivity contribution in [2.45, 2.75) is 6.42 Å². The van der Waals surface area contributed by atoms with E-state index in [4.69, 9.17) is 17.3 Å². The largest absolute Gasteiger partial charge is 0.330 e. The van der Waals surface area contributed by atoms with Crippen LogP contribution in [0.1, 0.15) is 5.56 Å². The highest BCUT2D eigenvalue weighted by molar-refractivity contribution is 14.1. The molecule has 2 aromatic rings. The lowest BCUT2D eigenvalue weighted by molar-refractivity contribution is 0.850.